The molecule has 0 fully saturated rings. The van der Waals surface area contributed by atoms with Crippen LogP contribution in [-0.4, -0.2) is 41.6 Å². The first-order valence-corrected chi connectivity index (χ1v) is 11.1. The number of sulfone groups is 1. The maximum atomic E-state index is 13.8. The van der Waals surface area contributed by atoms with Gasteiger partial charge in [0.2, 0.25) is 9.84 Å². The van der Waals surface area contributed by atoms with Gasteiger partial charge >= 0.3 is 6.09 Å². The van der Waals surface area contributed by atoms with Crippen molar-refractivity contribution in [2.45, 2.75) is 49.1 Å². The van der Waals surface area contributed by atoms with Crippen LogP contribution in [0.4, 0.5) is 9.18 Å². The molecule has 0 spiro atoms. The third kappa shape index (κ3) is 4.71. The molecule has 2 heterocycles. The summed E-state index contributed by atoms with van der Waals surface area (Å²) in [5, 5.41) is 0. The third-order valence-corrected chi connectivity index (χ3v) is 6.97. The van der Waals surface area contributed by atoms with Crippen LogP contribution in [0.5, 0.6) is 0 Å². The number of nitrogens with zero attached hydrogens (tertiary/aromatic N) is 3. The molecule has 2 aromatic rings. The molecule has 1 amide bonds. The number of hydrogen-bond acceptors (Lipinski definition) is 5. The van der Waals surface area contributed by atoms with Gasteiger partial charge < -0.3 is 14.2 Å². The monoisotopic (exact) mass is 448 g/mol. The van der Waals surface area contributed by atoms with Crippen LogP contribution in [0.3, 0.4) is 0 Å². The van der Waals surface area contributed by atoms with Gasteiger partial charge in [0, 0.05) is 32.1 Å². The Kier molecular flexibility index (Phi) is 5.70. The molecule has 1 aliphatic carbocycles. The van der Waals surface area contributed by atoms with Crippen molar-refractivity contribution in [3.63, 3.8) is 0 Å². The molecule has 0 aromatic carbocycles. The lowest BCUT2D eigenvalue weighted by atomic mass is 10.1. The summed E-state index contributed by atoms with van der Waals surface area (Å²) in [7, 11) is -2.60. The summed E-state index contributed by atoms with van der Waals surface area (Å²) in [6.07, 6.45) is 9.18. The van der Waals surface area contributed by atoms with E-state index < -0.39 is 32.2 Å². The lowest BCUT2D eigenvalue weighted by Gasteiger charge is -2.32. The van der Waals surface area contributed by atoms with Gasteiger partial charge in [-0.1, -0.05) is 18.2 Å². The van der Waals surface area contributed by atoms with Gasteiger partial charge in [0.1, 0.15) is 11.4 Å². The van der Waals surface area contributed by atoms with Crippen molar-refractivity contribution in [2.75, 3.05) is 7.05 Å². The number of rotatable bonds is 5. The molecule has 0 aliphatic heterocycles. The van der Waals surface area contributed by atoms with Gasteiger partial charge in [-0.3, -0.25) is 4.98 Å². The van der Waals surface area contributed by atoms with E-state index in [-0.39, 0.29) is 23.9 Å². The first-order valence-electron chi connectivity index (χ1n) is 10.2. The molecule has 9 heteroatoms. The molecule has 2 aromatic heterocycles. The molecular formula is C22H26FN3O4S. The number of allylic oxidation sites excluding steroid dienone is 3. The van der Waals surface area contributed by atoms with Crippen LogP contribution in [0.2, 0.25) is 0 Å². The zero-order valence-corrected chi connectivity index (χ0v) is 18.7. The highest BCUT2D eigenvalue weighted by Crippen LogP contribution is 2.38. The van der Waals surface area contributed by atoms with Crippen molar-refractivity contribution in [3.8, 4) is 0 Å². The molecule has 0 radical (unpaired) electrons. The van der Waals surface area contributed by atoms with Crippen LogP contribution < -0.4 is 0 Å². The molecule has 1 atom stereocenters. The van der Waals surface area contributed by atoms with E-state index in [0.29, 0.717) is 5.56 Å². The fraction of sp³-hybridized carbons (Fsp3) is 0.364. The number of pyridine rings is 1. The van der Waals surface area contributed by atoms with E-state index >= 15 is 0 Å². The number of carbonyl (C=O) groups is 1. The smallest absolute Gasteiger partial charge is 0.410 e. The first kappa shape index (κ1) is 21.3. The second kappa shape index (κ2) is 8.30. The Balaban J connectivity index is 1.98. The summed E-state index contributed by atoms with van der Waals surface area (Å²) in [5.41, 5.74) is 0.0258. The van der Waals surface area contributed by atoms with Gasteiger partial charge in [0.25, 0.3) is 0 Å². The molecule has 0 saturated carbocycles. The van der Waals surface area contributed by atoms with E-state index in [1.54, 1.807) is 52.4 Å². The Bertz CT molecular complexity index is 1180. The predicted octanol–water partition coefficient (Wildman–Crippen LogP) is 4.03. The highest BCUT2D eigenvalue weighted by Gasteiger charge is 2.44. The minimum absolute atomic E-state index is 0.0188. The number of hydrogen-bond donors (Lipinski definition) is 0. The van der Waals surface area contributed by atoms with Crippen molar-refractivity contribution < 1.29 is 23.7 Å². The second-order valence-electron chi connectivity index (χ2n) is 8.37. The van der Waals surface area contributed by atoms with E-state index in [2.05, 4.69) is 4.98 Å². The van der Waals surface area contributed by atoms with Gasteiger partial charge in [-0.05, 0) is 44.5 Å². The Morgan fingerprint density at radius 3 is 2.81 bits per heavy atom. The number of amides is 1. The summed E-state index contributed by atoms with van der Waals surface area (Å²) in [5.74, 6) is -0.769. The van der Waals surface area contributed by atoms with Crippen LogP contribution in [-0.2, 0) is 26.0 Å². The summed E-state index contributed by atoms with van der Waals surface area (Å²) >= 11 is 0. The van der Waals surface area contributed by atoms with Crippen LogP contribution >= 0.6 is 0 Å². The number of ether oxygens (including phenoxy) is 1. The van der Waals surface area contributed by atoms with E-state index in [4.69, 9.17) is 6.11 Å². The molecule has 7 nitrogen and oxygen atoms in total. The fourth-order valence-corrected chi connectivity index (χ4v) is 5.04. The normalized spacial score (nSPS) is 19.5. The average molecular weight is 449 g/mol. The van der Waals surface area contributed by atoms with E-state index in [1.807, 2.05) is 0 Å². The Morgan fingerprint density at radius 1 is 1.42 bits per heavy atom. The lowest BCUT2D eigenvalue weighted by molar-refractivity contribution is 0.0285. The molecule has 0 saturated heterocycles. The van der Waals surface area contributed by atoms with Crippen molar-refractivity contribution in [1.82, 2.24) is 14.5 Å². The lowest BCUT2D eigenvalue weighted by Crippen LogP contribution is -2.40. The van der Waals surface area contributed by atoms with Crippen molar-refractivity contribution in [2.24, 2.45) is 0 Å². The van der Waals surface area contributed by atoms with E-state index in [0.717, 1.165) is 18.5 Å². The summed E-state index contributed by atoms with van der Waals surface area (Å²) in [6.45, 7) is 5.50. The molecule has 31 heavy (non-hydrogen) atoms. The van der Waals surface area contributed by atoms with Gasteiger partial charge in [0.15, 0.2) is 4.87 Å². The largest absolute Gasteiger partial charge is 0.444 e. The molecule has 1 aliphatic rings. The maximum Gasteiger partial charge on any atom is 0.410 e. The summed E-state index contributed by atoms with van der Waals surface area (Å²) < 4.78 is 55.9. The van der Waals surface area contributed by atoms with E-state index in [9.17, 15) is 17.6 Å². The average Bonchev–Trinajstić information content (AvgIpc) is 3.15. The molecule has 0 N–H and O–H groups in total. The first-order chi connectivity index (χ1) is 14.8. The number of carbonyl (C=O) groups excluding carboxylic acids is 1. The molecule has 3 rings (SSSR count). The Hall–Kier alpha value is -2.94. The van der Waals surface area contributed by atoms with Crippen LogP contribution in [0.25, 0.3) is 0 Å². The minimum Gasteiger partial charge on any atom is -0.444 e. The highest BCUT2D eigenvalue weighted by molar-refractivity contribution is 7.92. The van der Waals surface area contributed by atoms with Gasteiger partial charge in [-0.15, -0.1) is 0 Å². The summed E-state index contributed by atoms with van der Waals surface area (Å²) in [6, 6.07) is 2.63. The van der Waals surface area contributed by atoms with Crippen LogP contribution in [0, 0.1) is 5.82 Å². The number of aromatic nitrogens is 2. The highest BCUT2D eigenvalue weighted by atomic mass is 32.2. The zero-order chi connectivity index (χ0) is 23.7. The summed E-state index contributed by atoms with van der Waals surface area (Å²) in [4.78, 5) is 15.4. The standard InChI is InChI=1S/C22H26FN3O4S/c1-21(2,3)30-20(27)25(4)15-17-8-11-26(16-17)22(9-6-5-7-10-22)31(28,29)19-12-18(23)13-24-14-19/h5-9,11-14,16H,10,15H2,1-4H3/i6D. The SMILES string of the molecule is [2H]C1=CC(n2ccc(CN(C)C(=O)OC(C)(C)C)c2)(S(=O)(=O)c2cncc(F)c2)CC=C1. The topological polar surface area (TPSA) is 81.5 Å². The fourth-order valence-electron chi connectivity index (χ4n) is 3.23. The van der Waals surface area contributed by atoms with Crippen LogP contribution in [0.15, 0.2) is 66.1 Å². The molecular weight excluding hydrogens is 421 g/mol. The molecule has 166 valence electrons. The molecule has 1 unspecified atom stereocenters. The quantitative estimate of drug-likeness (QED) is 0.690. The van der Waals surface area contributed by atoms with Crippen LogP contribution in [0.1, 0.15) is 34.1 Å². The van der Waals surface area contributed by atoms with Crippen molar-refractivity contribution >= 4 is 15.9 Å². The number of halogens is 1. The zero-order valence-electron chi connectivity index (χ0n) is 18.9. The van der Waals surface area contributed by atoms with Gasteiger partial charge in [-0.2, -0.15) is 0 Å². The minimum atomic E-state index is -4.18. The second-order valence-corrected chi connectivity index (χ2v) is 10.6. The van der Waals surface area contributed by atoms with Crippen molar-refractivity contribution in [3.05, 3.63) is 72.6 Å². The van der Waals surface area contributed by atoms with E-state index in [1.165, 1.54) is 21.6 Å². The predicted molar refractivity (Wildman–Crippen MR) is 114 cm³/mol. The third-order valence-electron chi connectivity index (χ3n) is 4.70. The van der Waals surface area contributed by atoms with Crippen molar-refractivity contribution in [1.29, 1.82) is 0 Å². The van der Waals surface area contributed by atoms with Gasteiger partial charge in [0.05, 0.1) is 19.0 Å². The Morgan fingerprint density at radius 2 is 2.16 bits per heavy atom. The Labute approximate surface area is 183 Å². The maximum absolute atomic E-state index is 13.8. The van der Waals surface area contributed by atoms with Gasteiger partial charge in [-0.25, -0.2) is 17.6 Å². The molecule has 0 bridgehead atoms.